The van der Waals surface area contributed by atoms with Crippen molar-refractivity contribution < 1.29 is 9.47 Å². The van der Waals surface area contributed by atoms with E-state index in [9.17, 15) is 0 Å². The van der Waals surface area contributed by atoms with Crippen molar-refractivity contribution >= 4 is 11.9 Å². The number of ether oxygens (including phenoxy) is 2. The number of nitrogens with one attached hydrogen (secondary N) is 1. The van der Waals surface area contributed by atoms with Crippen molar-refractivity contribution in [2.75, 3.05) is 13.2 Å². The lowest BCUT2D eigenvalue weighted by Crippen LogP contribution is -2.02. The minimum atomic E-state index is 0.721. The zero-order chi connectivity index (χ0) is 27.6. The molecular formula is C34H57N3O2. The number of nitrogens with zero attached hydrogens (tertiary/aromatic N) is 2. The minimum Gasteiger partial charge on any atom is -0.490 e. The minimum absolute atomic E-state index is 0.721. The Labute approximate surface area is 239 Å². The summed E-state index contributed by atoms with van der Waals surface area (Å²) in [4.78, 5) is 11.7. The van der Waals surface area contributed by atoms with Crippen molar-refractivity contribution in [1.82, 2.24) is 9.97 Å². The molecule has 0 unspecified atom stereocenters. The van der Waals surface area contributed by atoms with Gasteiger partial charge in [0.25, 0.3) is 0 Å². The van der Waals surface area contributed by atoms with E-state index >= 15 is 0 Å². The summed E-state index contributed by atoms with van der Waals surface area (Å²) in [5.41, 5.74) is 1.73. The maximum atomic E-state index is 6.22. The number of hydrogen-bond donors (Lipinski definition) is 1. The molecule has 0 amide bonds. The Hall–Kier alpha value is -2.30. The largest absolute Gasteiger partial charge is 0.490 e. The zero-order valence-corrected chi connectivity index (χ0v) is 25.2. The quantitative estimate of drug-likeness (QED) is 0.0955. The van der Waals surface area contributed by atoms with Gasteiger partial charge in [0.1, 0.15) is 0 Å². The molecule has 2 aromatic rings. The van der Waals surface area contributed by atoms with Crippen LogP contribution in [0.2, 0.25) is 0 Å². The molecule has 0 saturated carbocycles. The van der Waals surface area contributed by atoms with Crippen molar-refractivity contribution in [3.05, 3.63) is 36.4 Å². The molecule has 0 aliphatic rings. The number of rotatable bonds is 26. The first-order chi connectivity index (χ1) is 19.3. The highest BCUT2D eigenvalue weighted by Crippen LogP contribution is 2.32. The lowest BCUT2D eigenvalue weighted by molar-refractivity contribution is 0.258. The standard InChI is InChI=1S/C34H57N3O2/c1-3-5-7-9-11-13-15-17-19-21-25-38-33-24-23-31(36-29-32-28-35-30-37-32)27-34(33)39-26-22-20-18-16-14-12-10-8-6-4-2/h23-24,27-30H,3-22,25-26H2,1-2H3,(H,35,37). The Kier molecular flexibility index (Phi) is 19.9. The van der Waals surface area contributed by atoms with Crippen LogP contribution in [0.5, 0.6) is 11.5 Å². The highest BCUT2D eigenvalue weighted by molar-refractivity contribution is 5.79. The first kappa shape index (κ1) is 32.9. The molecule has 0 spiro atoms. The molecule has 0 aliphatic carbocycles. The van der Waals surface area contributed by atoms with E-state index in [-0.39, 0.29) is 0 Å². The summed E-state index contributed by atoms with van der Waals surface area (Å²) in [6.07, 6.45) is 31.7. The molecule has 0 saturated heterocycles. The summed E-state index contributed by atoms with van der Waals surface area (Å²) in [7, 11) is 0. The van der Waals surface area contributed by atoms with Crippen LogP contribution in [0.15, 0.2) is 35.7 Å². The second kappa shape index (κ2) is 23.6. The predicted molar refractivity (Wildman–Crippen MR) is 167 cm³/mol. The van der Waals surface area contributed by atoms with Crippen LogP contribution in [0, 0.1) is 0 Å². The van der Waals surface area contributed by atoms with Crippen LogP contribution in [0.4, 0.5) is 5.69 Å². The molecule has 0 bridgehead atoms. The van der Waals surface area contributed by atoms with E-state index in [4.69, 9.17) is 9.47 Å². The molecule has 1 heterocycles. The van der Waals surface area contributed by atoms with Gasteiger partial charge in [-0.15, -0.1) is 0 Å². The molecule has 0 aliphatic heterocycles. The van der Waals surface area contributed by atoms with Gasteiger partial charge in [-0.1, -0.05) is 129 Å². The molecule has 0 fully saturated rings. The van der Waals surface area contributed by atoms with Crippen LogP contribution in [-0.2, 0) is 0 Å². The van der Waals surface area contributed by atoms with Gasteiger partial charge in [0.2, 0.25) is 0 Å². The van der Waals surface area contributed by atoms with Gasteiger partial charge in [0.15, 0.2) is 11.5 Å². The third-order valence-electron chi connectivity index (χ3n) is 7.31. The Balaban J connectivity index is 1.70. The fourth-order valence-corrected chi connectivity index (χ4v) is 4.83. The van der Waals surface area contributed by atoms with Crippen molar-refractivity contribution in [2.24, 2.45) is 4.99 Å². The number of aliphatic imine (C=N–C) groups is 1. The number of aromatic amines is 1. The van der Waals surface area contributed by atoms with Crippen LogP contribution in [0.25, 0.3) is 0 Å². The molecule has 39 heavy (non-hydrogen) atoms. The van der Waals surface area contributed by atoms with Crippen LogP contribution < -0.4 is 9.47 Å². The summed E-state index contributed by atoms with van der Waals surface area (Å²) >= 11 is 0. The van der Waals surface area contributed by atoms with Gasteiger partial charge < -0.3 is 14.5 Å². The molecule has 0 radical (unpaired) electrons. The topological polar surface area (TPSA) is 59.5 Å². The Morgan fingerprint density at radius 2 is 1.13 bits per heavy atom. The summed E-state index contributed by atoms with van der Waals surface area (Å²) in [6, 6.07) is 6.00. The summed E-state index contributed by atoms with van der Waals surface area (Å²) in [6.45, 7) is 6.02. The van der Waals surface area contributed by atoms with E-state index in [2.05, 4.69) is 28.8 Å². The first-order valence-electron chi connectivity index (χ1n) is 16.3. The van der Waals surface area contributed by atoms with Gasteiger partial charge in [-0.3, -0.25) is 4.99 Å². The van der Waals surface area contributed by atoms with Crippen LogP contribution in [0.1, 0.15) is 148 Å². The number of H-pyrrole nitrogens is 1. The smallest absolute Gasteiger partial charge is 0.163 e. The van der Waals surface area contributed by atoms with Gasteiger partial charge in [-0.05, 0) is 25.0 Å². The fourth-order valence-electron chi connectivity index (χ4n) is 4.83. The SMILES string of the molecule is CCCCCCCCCCCCOc1ccc(N=Cc2cnc[nH]2)cc1OCCCCCCCCCCCC. The average Bonchev–Trinajstić information content (AvgIpc) is 3.48. The Bertz CT molecular complexity index is 835. The van der Waals surface area contributed by atoms with E-state index in [0.717, 1.165) is 48.9 Å². The molecule has 1 aromatic carbocycles. The highest BCUT2D eigenvalue weighted by atomic mass is 16.5. The second-order valence-electron chi connectivity index (χ2n) is 11.0. The van der Waals surface area contributed by atoms with E-state index in [0.29, 0.717) is 0 Å². The zero-order valence-electron chi connectivity index (χ0n) is 25.2. The van der Waals surface area contributed by atoms with Gasteiger partial charge in [-0.2, -0.15) is 0 Å². The highest BCUT2D eigenvalue weighted by Gasteiger charge is 2.07. The third-order valence-corrected chi connectivity index (χ3v) is 7.31. The number of aromatic nitrogens is 2. The van der Waals surface area contributed by atoms with Crippen LogP contribution in [-0.4, -0.2) is 29.4 Å². The number of unbranched alkanes of at least 4 members (excludes halogenated alkanes) is 18. The van der Waals surface area contributed by atoms with Crippen molar-refractivity contribution in [2.45, 2.75) is 142 Å². The fraction of sp³-hybridized carbons (Fsp3) is 0.706. The van der Waals surface area contributed by atoms with Gasteiger partial charge in [0.05, 0.1) is 43.3 Å². The molecule has 2 rings (SSSR count). The maximum Gasteiger partial charge on any atom is 0.163 e. The van der Waals surface area contributed by atoms with Crippen molar-refractivity contribution in [3.63, 3.8) is 0 Å². The second-order valence-corrected chi connectivity index (χ2v) is 11.0. The molecule has 1 aromatic heterocycles. The Morgan fingerprint density at radius 1 is 0.641 bits per heavy atom. The molecule has 220 valence electrons. The van der Waals surface area contributed by atoms with Gasteiger partial charge in [0, 0.05) is 6.07 Å². The predicted octanol–water partition coefficient (Wildman–Crippen LogP) is 10.8. The summed E-state index contributed by atoms with van der Waals surface area (Å²) < 4.78 is 12.4. The van der Waals surface area contributed by atoms with Crippen LogP contribution in [0.3, 0.4) is 0 Å². The Morgan fingerprint density at radius 3 is 1.62 bits per heavy atom. The van der Waals surface area contributed by atoms with Crippen molar-refractivity contribution in [1.29, 1.82) is 0 Å². The number of hydrogen-bond acceptors (Lipinski definition) is 4. The lowest BCUT2D eigenvalue weighted by atomic mass is 10.1. The van der Waals surface area contributed by atoms with E-state index < -0.39 is 0 Å². The third kappa shape index (κ3) is 17.1. The van der Waals surface area contributed by atoms with Crippen LogP contribution >= 0.6 is 0 Å². The van der Waals surface area contributed by atoms with E-state index in [1.807, 2.05) is 18.2 Å². The van der Waals surface area contributed by atoms with Crippen molar-refractivity contribution in [3.8, 4) is 11.5 Å². The molecular weight excluding hydrogens is 482 g/mol. The monoisotopic (exact) mass is 539 g/mol. The molecule has 5 nitrogen and oxygen atoms in total. The summed E-state index contributed by atoms with van der Waals surface area (Å²) in [5.74, 6) is 1.63. The van der Waals surface area contributed by atoms with Gasteiger partial charge >= 0.3 is 0 Å². The van der Waals surface area contributed by atoms with E-state index in [1.54, 1.807) is 18.7 Å². The lowest BCUT2D eigenvalue weighted by Gasteiger charge is -2.13. The number of imidazole rings is 1. The first-order valence-corrected chi connectivity index (χ1v) is 16.3. The summed E-state index contributed by atoms with van der Waals surface area (Å²) in [5, 5.41) is 0. The molecule has 0 atom stereocenters. The average molecular weight is 540 g/mol. The molecule has 1 N–H and O–H groups in total. The maximum absolute atomic E-state index is 6.22. The number of benzene rings is 1. The van der Waals surface area contributed by atoms with E-state index in [1.165, 1.54) is 116 Å². The molecule has 5 heteroatoms. The van der Waals surface area contributed by atoms with Gasteiger partial charge in [-0.25, -0.2) is 4.98 Å². The normalized spacial score (nSPS) is 11.4.